The molecular formula is C28H32BrN5O3. The second kappa shape index (κ2) is 12.0. The Kier molecular flexibility index (Phi) is 8.31. The van der Waals surface area contributed by atoms with Crippen LogP contribution in [0.2, 0.25) is 0 Å². The number of aromatic nitrogens is 2. The molecule has 0 bridgehead atoms. The second-order valence-corrected chi connectivity index (χ2v) is 10.7. The Morgan fingerprint density at radius 3 is 2.51 bits per heavy atom. The highest BCUT2D eigenvalue weighted by Gasteiger charge is 2.28. The number of halogens is 1. The number of nitrogens with zero attached hydrogens (tertiary/aromatic N) is 4. The van der Waals surface area contributed by atoms with Crippen LogP contribution in [0.5, 0.6) is 0 Å². The Labute approximate surface area is 225 Å². The normalized spacial score (nSPS) is 18.8. The second-order valence-electron chi connectivity index (χ2n) is 9.83. The highest BCUT2D eigenvalue weighted by atomic mass is 79.9. The molecule has 194 valence electrons. The van der Waals surface area contributed by atoms with Crippen LogP contribution in [0.25, 0.3) is 11.4 Å². The van der Waals surface area contributed by atoms with Crippen molar-refractivity contribution in [3.05, 3.63) is 64.5 Å². The van der Waals surface area contributed by atoms with E-state index < -0.39 is 0 Å². The third kappa shape index (κ3) is 6.45. The lowest BCUT2D eigenvalue weighted by atomic mass is 9.96. The average Bonchev–Trinajstić information content (AvgIpc) is 3.20. The zero-order chi connectivity index (χ0) is 25.6. The number of nitrogens with one attached hydrogen (secondary N) is 1. The lowest BCUT2D eigenvalue weighted by molar-refractivity contribution is -0.121. The molecule has 1 N–H and O–H groups in total. The van der Waals surface area contributed by atoms with E-state index in [1.165, 1.54) is 0 Å². The van der Waals surface area contributed by atoms with Crippen molar-refractivity contribution in [2.45, 2.75) is 45.1 Å². The van der Waals surface area contributed by atoms with Gasteiger partial charge in [0.15, 0.2) is 0 Å². The van der Waals surface area contributed by atoms with Crippen LogP contribution in [0.1, 0.15) is 54.8 Å². The van der Waals surface area contributed by atoms with E-state index in [2.05, 4.69) is 36.3 Å². The van der Waals surface area contributed by atoms with Crippen LogP contribution in [-0.4, -0.2) is 57.9 Å². The first-order valence-corrected chi connectivity index (χ1v) is 13.9. The summed E-state index contributed by atoms with van der Waals surface area (Å²) in [7, 11) is 0. The molecule has 2 aliphatic heterocycles. The Morgan fingerprint density at radius 2 is 1.73 bits per heavy atom. The molecule has 0 radical (unpaired) electrons. The molecule has 5 rings (SSSR count). The molecule has 2 fully saturated rings. The first kappa shape index (κ1) is 25.6. The van der Waals surface area contributed by atoms with E-state index in [-0.39, 0.29) is 17.7 Å². The van der Waals surface area contributed by atoms with E-state index in [9.17, 15) is 9.59 Å². The van der Waals surface area contributed by atoms with Crippen LogP contribution in [0, 0.1) is 5.92 Å². The molecule has 2 saturated heterocycles. The molecule has 1 unspecified atom stereocenters. The molecule has 3 heterocycles. The minimum atomic E-state index is -0.177. The van der Waals surface area contributed by atoms with Crippen molar-refractivity contribution in [1.29, 1.82) is 0 Å². The molecule has 9 heteroatoms. The number of likely N-dealkylation sites (tertiary alicyclic amines) is 2. The first-order valence-electron chi connectivity index (χ1n) is 13.1. The number of piperidine rings is 1. The van der Waals surface area contributed by atoms with Gasteiger partial charge in [0.05, 0.1) is 23.7 Å². The lowest BCUT2D eigenvalue weighted by Gasteiger charge is -2.31. The van der Waals surface area contributed by atoms with Crippen molar-refractivity contribution in [2.75, 3.05) is 31.5 Å². The highest BCUT2D eigenvalue weighted by Crippen LogP contribution is 2.25. The third-order valence-electron chi connectivity index (χ3n) is 7.11. The van der Waals surface area contributed by atoms with Gasteiger partial charge in [0.2, 0.25) is 17.6 Å². The van der Waals surface area contributed by atoms with Crippen molar-refractivity contribution in [3.8, 4) is 11.4 Å². The summed E-state index contributed by atoms with van der Waals surface area (Å²) in [5, 5.41) is 7.18. The Bertz CT molecular complexity index is 1220. The molecule has 0 spiro atoms. The number of para-hydroxylation sites is 1. The van der Waals surface area contributed by atoms with Gasteiger partial charge in [0.1, 0.15) is 0 Å². The maximum Gasteiger partial charge on any atom is 0.255 e. The van der Waals surface area contributed by atoms with Crippen LogP contribution >= 0.6 is 15.9 Å². The minimum Gasteiger partial charge on any atom is -0.339 e. The fourth-order valence-electron chi connectivity index (χ4n) is 5.10. The van der Waals surface area contributed by atoms with Crippen LogP contribution in [-0.2, 0) is 11.3 Å². The molecule has 0 saturated carbocycles. The summed E-state index contributed by atoms with van der Waals surface area (Å²) in [5.41, 5.74) is 2.05. The zero-order valence-electron chi connectivity index (χ0n) is 20.9. The van der Waals surface area contributed by atoms with Gasteiger partial charge < -0.3 is 14.7 Å². The Morgan fingerprint density at radius 1 is 0.973 bits per heavy atom. The van der Waals surface area contributed by atoms with E-state index in [0.717, 1.165) is 68.2 Å². The lowest BCUT2D eigenvalue weighted by Crippen LogP contribution is -2.40. The number of amides is 2. The number of benzene rings is 2. The number of anilines is 1. The van der Waals surface area contributed by atoms with Crippen molar-refractivity contribution in [1.82, 2.24) is 19.9 Å². The SMILES string of the molecule is O=C(Nc1ccccc1C(=O)N1CCCCCC1)C1CCCN(Cc2nc(-c3ccc(Br)cc3)no2)C1. The summed E-state index contributed by atoms with van der Waals surface area (Å²) in [5.74, 6) is 0.860. The van der Waals surface area contributed by atoms with Gasteiger partial charge in [-0.2, -0.15) is 4.98 Å². The molecule has 2 amide bonds. The van der Waals surface area contributed by atoms with Gasteiger partial charge >= 0.3 is 0 Å². The fourth-order valence-corrected chi connectivity index (χ4v) is 5.36. The van der Waals surface area contributed by atoms with E-state index >= 15 is 0 Å². The van der Waals surface area contributed by atoms with E-state index in [0.29, 0.717) is 36.1 Å². The smallest absolute Gasteiger partial charge is 0.255 e. The Balaban J connectivity index is 1.21. The van der Waals surface area contributed by atoms with Gasteiger partial charge in [-0.1, -0.05) is 46.1 Å². The van der Waals surface area contributed by atoms with Crippen molar-refractivity contribution >= 4 is 33.4 Å². The molecule has 1 atom stereocenters. The highest BCUT2D eigenvalue weighted by molar-refractivity contribution is 9.10. The number of carbonyl (C=O) groups is 2. The largest absolute Gasteiger partial charge is 0.339 e. The number of hydrogen-bond donors (Lipinski definition) is 1. The quantitative estimate of drug-likeness (QED) is 0.432. The van der Waals surface area contributed by atoms with Crippen molar-refractivity contribution in [2.24, 2.45) is 5.92 Å². The van der Waals surface area contributed by atoms with E-state index in [1.807, 2.05) is 53.4 Å². The molecule has 8 nitrogen and oxygen atoms in total. The molecular weight excluding hydrogens is 534 g/mol. The summed E-state index contributed by atoms with van der Waals surface area (Å²) < 4.78 is 6.49. The standard InChI is InChI=1S/C28H32BrN5O3/c29-22-13-11-20(12-14-22)26-31-25(37-32-26)19-33-15-7-8-21(18-33)27(35)30-24-10-4-3-9-23(24)28(36)34-16-5-1-2-6-17-34/h3-4,9-14,21H,1-2,5-8,15-19H2,(H,30,35). The summed E-state index contributed by atoms with van der Waals surface area (Å²) in [6, 6.07) is 15.1. The predicted molar refractivity (Wildman–Crippen MR) is 145 cm³/mol. The van der Waals surface area contributed by atoms with E-state index in [1.54, 1.807) is 0 Å². The zero-order valence-corrected chi connectivity index (χ0v) is 22.5. The monoisotopic (exact) mass is 565 g/mol. The molecule has 0 aliphatic carbocycles. The molecule has 37 heavy (non-hydrogen) atoms. The number of carbonyl (C=O) groups excluding carboxylic acids is 2. The first-order chi connectivity index (χ1) is 18.1. The Hall–Kier alpha value is -3.04. The number of hydrogen-bond acceptors (Lipinski definition) is 6. The molecule has 3 aromatic rings. The van der Waals surface area contributed by atoms with Crippen LogP contribution in [0.3, 0.4) is 0 Å². The maximum atomic E-state index is 13.3. The van der Waals surface area contributed by atoms with Crippen LogP contribution in [0.4, 0.5) is 5.69 Å². The van der Waals surface area contributed by atoms with Gasteiger partial charge in [-0.15, -0.1) is 0 Å². The molecule has 2 aromatic carbocycles. The topological polar surface area (TPSA) is 91.6 Å². The number of rotatable bonds is 6. The van der Waals surface area contributed by atoms with Gasteiger partial charge in [-0.3, -0.25) is 14.5 Å². The van der Waals surface area contributed by atoms with Crippen molar-refractivity contribution < 1.29 is 14.1 Å². The van der Waals surface area contributed by atoms with Crippen molar-refractivity contribution in [3.63, 3.8) is 0 Å². The summed E-state index contributed by atoms with van der Waals surface area (Å²) >= 11 is 3.44. The summed E-state index contributed by atoms with van der Waals surface area (Å²) in [6.45, 7) is 3.51. The molecule has 2 aliphatic rings. The predicted octanol–water partition coefficient (Wildman–Crippen LogP) is 5.37. The van der Waals surface area contributed by atoms with Gasteiger partial charge in [0.25, 0.3) is 5.91 Å². The molecule has 1 aromatic heterocycles. The van der Waals surface area contributed by atoms with Crippen LogP contribution < -0.4 is 5.32 Å². The van der Waals surface area contributed by atoms with Gasteiger partial charge in [-0.25, -0.2) is 0 Å². The average molecular weight is 567 g/mol. The van der Waals surface area contributed by atoms with E-state index in [4.69, 9.17) is 4.52 Å². The summed E-state index contributed by atoms with van der Waals surface area (Å²) in [4.78, 5) is 35.2. The van der Waals surface area contributed by atoms with Gasteiger partial charge in [0, 0.05) is 29.7 Å². The minimum absolute atomic E-state index is 0.000965. The maximum absolute atomic E-state index is 13.3. The summed E-state index contributed by atoms with van der Waals surface area (Å²) in [6.07, 6.45) is 6.09. The van der Waals surface area contributed by atoms with Gasteiger partial charge in [-0.05, 0) is 68.6 Å². The fraction of sp³-hybridized carbons (Fsp3) is 0.429. The third-order valence-corrected chi connectivity index (χ3v) is 7.64. The van der Waals surface area contributed by atoms with Crippen LogP contribution in [0.15, 0.2) is 57.5 Å².